The molecule has 0 saturated heterocycles. The number of aromatic nitrogens is 1. The summed E-state index contributed by atoms with van der Waals surface area (Å²) in [5.41, 5.74) is 0.660. The number of ether oxygens (including phenoxy) is 1. The van der Waals surface area contributed by atoms with Crippen molar-refractivity contribution in [2.24, 2.45) is 0 Å². The molecule has 0 saturated carbocycles. The molecule has 0 aliphatic carbocycles. The number of nitrogens with zero attached hydrogens (tertiary/aromatic N) is 1. The molecule has 0 aliphatic rings. The molecule has 0 radical (unpaired) electrons. The molecule has 0 aromatic carbocycles. The fourth-order valence-corrected chi connectivity index (χ4v) is 1.41. The summed E-state index contributed by atoms with van der Waals surface area (Å²) >= 11 is 0. The highest BCUT2D eigenvalue weighted by Gasteiger charge is 2.39. The Bertz CT molecular complexity index is 488. The molecule has 106 valence electrons. The Kier molecular flexibility index (Phi) is 4.28. The number of pyridine rings is 1. The van der Waals surface area contributed by atoms with Crippen molar-refractivity contribution in [3.63, 3.8) is 0 Å². The highest BCUT2D eigenvalue weighted by atomic mass is 19.4. The smallest absolute Gasteiger partial charge is 0.420 e. The van der Waals surface area contributed by atoms with Crippen LogP contribution in [0, 0.1) is 0 Å². The molecule has 1 rings (SSSR count). The van der Waals surface area contributed by atoms with E-state index < -0.39 is 47.5 Å². The van der Waals surface area contributed by atoms with Gasteiger partial charge >= 0.3 is 12.1 Å². The van der Waals surface area contributed by atoms with Gasteiger partial charge in [0.25, 0.3) is 6.43 Å². The number of hydrogen-bond donors (Lipinski definition) is 1. The monoisotopic (exact) mass is 284 g/mol. The van der Waals surface area contributed by atoms with Gasteiger partial charge in [-0.1, -0.05) is 0 Å². The van der Waals surface area contributed by atoms with Crippen LogP contribution in [0.1, 0.15) is 23.2 Å². The number of anilines is 1. The zero-order valence-corrected chi connectivity index (χ0v) is 9.59. The number of nitrogens with two attached hydrogens (primary N) is 1. The van der Waals surface area contributed by atoms with Gasteiger partial charge in [-0.25, -0.2) is 8.78 Å². The third-order valence-electron chi connectivity index (χ3n) is 2.29. The van der Waals surface area contributed by atoms with E-state index in [9.17, 15) is 26.7 Å². The SMILES string of the molecule is COC(=O)Cc1ncc(C(F)F)c(N)c1C(F)(F)F. The number of hydrogen-bond acceptors (Lipinski definition) is 4. The van der Waals surface area contributed by atoms with E-state index in [1.54, 1.807) is 0 Å². The van der Waals surface area contributed by atoms with Gasteiger partial charge in [0.1, 0.15) is 5.56 Å². The number of alkyl halides is 5. The van der Waals surface area contributed by atoms with E-state index >= 15 is 0 Å². The number of rotatable bonds is 3. The van der Waals surface area contributed by atoms with Crippen molar-refractivity contribution in [1.29, 1.82) is 0 Å². The fourth-order valence-electron chi connectivity index (χ4n) is 1.41. The Morgan fingerprint density at radius 3 is 2.47 bits per heavy atom. The number of carbonyl (C=O) groups excluding carboxylic acids is 1. The summed E-state index contributed by atoms with van der Waals surface area (Å²) in [5.74, 6) is -0.984. The van der Waals surface area contributed by atoms with Crippen molar-refractivity contribution < 1.29 is 31.5 Å². The second-order valence-corrected chi connectivity index (χ2v) is 3.50. The van der Waals surface area contributed by atoms with E-state index in [4.69, 9.17) is 5.73 Å². The summed E-state index contributed by atoms with van der Waals surface area (Å²) in [5, 5.41) is 0. The number of esters is 1. The van der Waals surface area contributed by atoms with Crippen LogP contribution in [0.4, 0.5) is 27.6 Å². The van der Waals surface area contributed by atoms with Crippen molar-refractivity contribution in [2.75, 3.05) is 12.8 Å². The van der Waals surface area contributed by atoms with Crippen molar-refractivity contribution in [2.45, 2.75) is 19.0 Å². The number of methoxy groups -OCH3 is 1. The van der Waals surface area contributed by atoms with E-state index in [0.717, 1.165) is 7.11 Å². The maximum Gasteiger partial charge on any atom is 0.420 e. The summed E-state index contributed by atoms with van der Waals surface area (Å²) in [7, 11) is 0.979. The van der Waals surface area contributed by atoms with Gasteiger partial charge in [-0.05, 0) is 0 Å². The summed E-state index contributed by atoms with van der Waals surface area (Å²) in [6, 6.07) is 0. The van der Waals surface area contributed by atoms with Crippen LogP contribution < -0.4 is 5.73 Å². The van der Waals surface area contributed by atoms with Crippen LogP contribution >= 0.6 is 0 Å². The van der Waals surface area contributed by atoms with Crippen LogP contribution in [-0.4, -0.2) is 18.1 Å². The predicted octanol–water partition coefficient (Wildman–Crippen LogP) is 2.34. The predicted molar refractivity (Wildman–Crippen MR) is 54.3 cm³/mol. The van der Waals surface area contributed by atoms with Gasteiger partial charge in [-0.2, -0.15) is 13.2 Å². The molecule has 4 nitrogen and oxygen atoms in total. The lowest BCUT2D eigenvalue weighted by Gasteiger charge is -2.16. The quantitative estimate of drug-likeness (QED) is 0.683. The Morgan fingerprint density at radius 2 is 2.05 bits per heavy atom. The van der Waals surface area contributed by atoms with Gasteiger partial charge in [0, 0.05) is 6.20 Å². The lowest BCUT2D eigenvalue weighted by molar-refractivity contribution is -0.141. The molecule has 1 heterocycles. The first-order valence-corrected chi connectivity index (χ1v) is 4.87. The third kappa shape index (κ3) is 3.30. The second kappa shape index (κ2) is 5.37. The molecular weight excluding hydrogens is 275 g/mol. The molecule has 0 amide bonds. The molecule has 1 aromatic rings. The highest BCUT2D eigenvalue weighted by Crippen LogP contribution is 2.39. The fraction of sp³-hybridized carbons (Fsp3) is 0.400. The zero-order valence-electron chi connectivity index (χ0n) is 9.59. The Balaban J connectivity index is 3.40. The number of carbonyl (C=O) groups is 1. The summed E-state index contributed by atoms with van der Waals surface area (Å²) < 4.78 is 67.5. The van der Waals surface area contributed by atoms with Crippen LogP contribution in [-0.2, 0) is 22.1 Å². The number of halogens is 5. The molecule has 0 aliphatic heterocycles. The average Bonchev–Trinajstić information content (AvgIpc) is 2.26. The molecule has 0 unspecified atom stereocenters. The molecule has 0 atom stereocenters. The van der Waals surface area contributed by atoms with Crippen LogP contribution in [0.25, 0.3) is 0 Å². The van der Waals surface area contributed by atoms with Crippen molar-refractivity contribution >= 4 is 11.7 Å². The first-order chi connectivity index (χ1) is 8.68. The topological polar surface area (TPSA) is 65.2 Å². The van der Waals surface area contributed by atoms with Gasteiger partial charge in [-0.15, -0.1) is 0 Å². The molecule has 19 heavy (non-hydrogen) atoms. The zero-order chi connectivity index (χ0) is 14.8. The lowest BCUT2D eigenvalue weighted by atomic mass is 10.0. The lowest BCUT2D eigenvalue weighted by Crippen LogP contribution is -2.19. The Labute approximate surface area is 104 Å². The third-order valence-corrected chi connectivity index (χ3v) is 2.29. The van der Waals surface area contributed by atoms with E-state index in [1.165, 1.54) is 0 Å². The average molecular weight is 284 g/mol. The van der Waals surface area contributed by atoms with Crippen molar-refractivity contribution in [3.8, 4) is 0 Å². The van der Waals surface area contributed by atoms with Gasteiger partial charge in [0.05, 0.1) is 30.5 Å². The minimum absolute atomic E-state index is 0.521. The van der Waals surface area contributed by atoms with Crippen LogP contribution in [0.2, 0.25) is 0 Å². The first-order valence-electron chi connectivity index (χ1n) is 4.87. The summed E-state index contributed by atoms with van der Waals surface area (Å²) in [4.78, 5) is 14.2. The standard InChI is InChI=1S/C10H9F5N2O2/c1-19-6(18)2-5-7(10(13,14)15)8(16)4(3-17-5)9(11)12/h3,9H,2H2,1H3,(H2,16,17). The molecular formula is C10H9F5N2O2. The van der Waals surface area contributed by atoms with E-state index in [-0.39, 0.29) is 0 Å². The van der Waals surface area contributed by atoms with E-state index in [1.807, 2.05) is 0 Å². The largest absolute Gasteiger partial charge is 0.469 e. The first kappa shape index (κ1) is 15.1. The van der Waals surface area contributed by atoms with Gasteiger partial charge < -0.3 is 10.5 Å². The minimum Gasteiger partial charge on any atom is -0.469 e. The number of nitrogen functional groups attached to an aromatic ring is 1. The normalized spacial score (nSPS) is 11.7. The summed E-state index contributed by atoms with van der Waals surface area (Å²) in [6.07, 6.45) is -8.47. The van der Waals surface area contributed by atoms with Gasteiger partial charge in [0.15, 0.2) is 0 Å². The van der Waals surface area contributed by atoms with Gasteiger partial charge in [-0.3, -0.25) is 9.78 Å². The van der Waals surface area contributed by atoms with Crippen molar-refractivity contribution in [3.05, 3.63) is 23.0 Å². The maximum atomic E-state index is 12.8. The van der Waals surface area contributed by atoms with Gasteiger partial charge in [0.2, 0.25) is 0 Å². The second-order valence-electron chi connectivity index (χ2n) is 3.50. The van der Waals surface area contributed by atoms with E-state index in [0.29, 0.717) is 6.20 Å². The Hall–Kier alpha value is -1.93. The maximum absolute atomic E-state index is 12.8. The summed E-state index contributed by atoms with van der Waals surface area (Å²) in [6.45, 7) is 0. The molecule has 0 bridgehead atoms. The molecule has 0 spiro atoms. The minimum atomic E-state index is -4.99. The molecule has 9 heteroatoms. The highest BCUT2D eigenvalue weighted by molar-refractivity contribution is 5.73. The van der Waals surface area contributed by atoms with E-state index in [2.05, 4.69) is 9.72 Å². The van der Waals surface area contributed by atoms with Crippen molar-refractivity contribution in [1.82, 2.24) is 4.98 Å². The van der Waals surface area contributed by atoms with Crippen LogP contribution in [0.3, 0.4) is 0 Å². The Morgan fingerprint density at radius 1 is 1.47 bits per heavy atom. The molecule has 1 aromatic heterocycles. The molecule has 2 N–H and O–H groups in total. The van der Waals surface area contributed by atoms with Crippen LogP contribution in [0.5, 0.6) is 0 Å². The van der Waals surface area contributed by atoms with Crippen LogP contribution in [0.15, 0.2) is 6.20 Å². The molecule has 0 fully saturated rings.